The predicted octanol–water partition coefficient (Wildman–Crippen LogP) is 6.14. The van der Waals surface area contributed by atoms with Gasteiger partial charge < -0.3 is 9.30 Å². The third-order valence-electron chi connectivity index (χ3n) is 6.54. The molecule has 3 aromatic carbocycles. The second-order valence-electron chi connectivity index (χ2n) is 8.67. The zero-order valence-corrected chi connectivity index (χ0v) is 20.2. The van der Waals surface area contributed by atoms with E-state index in [1.807, 2.05) is 93.6 Å². The number of hydrogen-bond acceptors (Lipinski definition) is 3. The highest BCUT2D eigenvalue weighted by molar-refractivity contribution is 6.43. The Labute approximate surface area is 204 Å². The fraction of sp³-hybridized carbons (Fsp3) is 0.133. The molecular weight excluding hydrogens is 436 g/mol. The molecule has 4 aromatic rings. The van der Waals surface area contributed by atoms with E-state index in [4.69, 9.17) is 4.74 Å². The molecule has 1 aliphatic rings. The van der Waals surface area contributed by atoms with Gasteiger partial charge >= 0.3 is 0 Å². The van der Waals surface area contributed by atoms with Crippen molar-refractivity contribution in [3.8, 4) is 11.4 Å². The number of rotatable bonds is 4. The number of para-hydroxylation sites is 3. The second kappa shape index (κ2) is 8.76. The van der Waals surface area contributed by atoms with Gasteiger partial charge in [0.25, 0.3) is 11.8 Å². The van der Waals surface area contributed by atoms with Crippen LogP contribution in [0.2, 0.25) is 0 Å². The topological polar surface area (TPSA) is 51.5 Å². The molecule has 2 amide bonds. The molecule has 0 aliphatic carbocycles. The van der Waals surface area contributed by atoms with E-state index >= 15 is 0 Å². The Kier molecular flexibility index (Phi) is 5.61. The molecule has 0 spiro atoms. The highest BCUT2D eigenvalue weighted by Crippen LogP contribution is 2.36. The quantitative estimate of drug-likeness (QED) is 0.270. The average Bonchev–Trinajstić information content (AvgIpc) is 3.15. The number of methoxy groups -OCH3 is 1. The number of fused-ring (bicyclic) bond motifs is 1. The molecule has 5 nitrogen and oxygen atoms in total. The van der Waals surface area contributed by atoms with E-state index in [0.29, 0.717) is 22.4 Å². The van der Waals surface area contributed by atoms with Crippen molar-refractivity contribution < 1.29 is 14.3 Å². The van der Waals surface area contributed by atoms with Crippen molar-refractivity contribution in [2.45, 2.75) is 20.8 Å². The van der Waals surface area contributed by atoms with Gasteiger partial charge in [0.2, 0.25) is 0 Å². The van der Waals surface area contributed by atoms with Crippen LogP contribution in [-0.4, -0.2) is 23.5 Å². The number of hydrogen-bond donors (Lipinski definition) is 0. The summed E-state index contributed by atoms with van der Waals surface area (Å²) < 4.78 is 7.70. The van der Waals surface area contributed by atoms with Gasteiger partial charge in [0.15, 0.2) is 0 Å². The standard InChI is InChI=1S/C30H26N2O3/c1-19-11-5-8-14-26(19)32-29(33)24-13-7-6-12-23(24)25(30(32)34)18-22-17-20(2)31(21(22)3)27-15-9-10-16-28(27)35-4/h5-18H,1-4H3. The SMILES string of the molecule is COc1ccccc1-n1c(C)cc(C=C2C(=O)N(c3ccccc3C)C(=O)c3ccccc32)c1C. The molecule has 0 saturated carbocycles. The highest BCUT2D eigenvalue weighted by atomic mass is 16.5. The molecule has 0 atom stereocenters. The fourth-order valence-electron chi connectivity index (χ4n) is 4.80. The summed E-state index contributed by atoms with van der Waals surface area (Å²) in [5, 5.41) is 0. The molecule has 5 heteroatoms. The fourth-order valence-corrected chi connectivity index (χ4v) is 4.80. The van der Waals surface area contributed by atoms with E-state index in [1.165, 1.54) is 4.90 Å². The van der Waals surface area contributed by atoms with Gasteiger partial charge in [-0.2, -0.15) is 0 Å². The highest BCUT2D eigenvalue weighted by Gasteiger charge is 2.36. The van der Waals surface area contributed by atoms with Crippen molar-refractivity contribution in [2.24, 2.45) is 0 Å². The van der Waals surface area contributed by atoms with Gasteiger partial charge in [0.05, 0.1) is 18.5 Å². The number of nitrogens with zero attached hydrogens (tertiary/aromatic N) is 2. The summed E-state index contributed by atoms with van der Waals surface area (Å²) in [6.07, 6.45) is 1.90. The summed E-state index contributed by atoms with van der Waals surface area (Å²) in [7, 11) is 1.66. The number of carbonyl (C=O) groups is 2. The van der Waals surface area contributed by atoms with Crippen LogP contribution < -0.4 is 9.64 Å². The van der Waals surface area contributed by atoms with E-state index in [2.05, 4.69) is 10.6 Å². The molecule has 0 bridgehead atoms. The third kappa shape index (κ3) is 3.66. The van der Waals surface area contributed by atoms with Gasteiger partial charge in [-0.1, -0.05) is 48.5 Å². The van der Waals surface area contributed by atoms with E-state index in [1.54, 1.807) is 13.2 Å². The van der Waals surface area contributed by atoms with E-state index in [-0.39, 0.29) is 11.8 Å². The molecule has 0 fully saturated rings. The minimum Gasteiger partial charge on any atom is -0.495 e. The smallest absolute Gasteiger partial charge is 0.265 e. The molecule has 174 valence electrons. The van der Waals surface area contributed by atoms with Crippen LogP contribution in [0.4, 0.5) is 5.69 Å². The van der Waals surface area contributed by atoms with Gasteiger partial charge in [0, 0.05) is 22.5 Å². The Hall–Kier alpha value is -4.38. The van der Waals surface area contributed by atoms with Crippen LogP contribution in [0.3, 0.4) is 0 Å². The first-order chi connectivity index (χ1) is 16.9. The Balaban J connectivity index is 1.70. The van der Waals surface area contributed by atoms with Crippen molar-refractivity contribution in [3.05, 3.63) is 113 Å². The van der Waals surface area contributed by atoms with Crippen LogP contribution in [0, 0.1) is 20.8 Å². The summed E-state index contributed by atoms with van der Waals surface area (Å²) >= 11 is 0. The summed E-state index contributed by atoms with van der Waals surface area (Å²) in [5.41, 5.74) is 6.95. The maximum absolute atomic E-state index is 13.8. The lowest BCUT2D eigenvalue weighted by Gasteiger charge is -2.29. The zero-order chi connectivity index (χ0) is 24.7. The van der Waals surface area contributed by atoms with Crippen molar-refractivity contribution >= 4 is 29.2 Å². The lowest BCUT2D eigenvalue weighted by molar-refractivity contribution is -0.112. The predicted molar refractivity (Wildman–Crippen MR) is 139 cm³/mol. The Morgan fingerprint density at radius 2 is 1.37 bits per heavy atom. The third-order valence-corrected chi connectivity index (χ3v) is 6.54. The van der Waals surface area contributed by atoms with E-state index < -0.39 is 0 Å². The van der Waals surface area contributed by atoms with Crippen molar-refractivity contribution in [3.63, 3.8) is 0 Å². The van der Waals surface area contributed by atoms with Crippen molar-refractivity contribution in [2.75, 3.05) is 12.0 Å². The maximum atomic E-state index is 13.8. The maximum Gasteiger partial charge on any atom is 0.265 e. The van der Waals surface area contributed by atoms with E-state index in [9.17, 15) is 9.59 Å². The van der Waals surface area contributed by atoms with Crippen LogP contribution in [0.1, 0.15) is 38.4 Å². The number of anilines is 1. The van der Waals surface area contributed by atoms with Gasteiger partial charge in [-0.25, -0.2) is 4.90 Å². The normalized spacial score (nSPS) is 14.4. The summed E-state index contributed by atoms with van der Waals surface area (Å²) in [6, 6.07) is 24.7. The van der Waals surface area contributed by atoms with E-state index in [0.717, 1.165) is 34.0 Å². The van der Waals surface area contributed by atoms with Crippen LogP contribution in [0.5, 0.6) is 5.75 Å². The second-order valence-corrected chi connectivity index (χ2v) is 8.67. The van der Waals surface area contributed by atoms with Gasteiger partial charge in [-0.05, 0) is 73.9 Å². The largest absolute Gasteiger partial charge is 0.495 e. The van der Waals surface area contributed by atoms with Crippen molar-refractivity contribution in [1.29, 1.82) is 0 Å². The molecule has 2 heterocycles. The average molecular weight is 463 g/mol. The summed E-state index contributed by atoms with van der Waals surface area (Å²) in [5.74, 6) is 0.130. The number of benzene rings is 3. The Morgan fingerprint density at radius 1 is 0.743 bits per heavy atom. The number of imide groups is 1. The first-order valence-electron chi connectivity index (χ1n) is 11.5. The van der Waals surface area contributed by atoms with Gasteiger partial charge in [-0.15, -0.1) is 0 Å². The number of carbonyl (C=O) groups excluding carboxylic acids is 2. The lowest BCUT2D eigenvalue weighted by Crippen LogP contribution is -2.42. The molecule has 0 N–H and O–H groups in total. The van der Waals surface area contributed by atoms with Gasteiger partial charge in [0.1, 0.15) is 5.75 Å². The minimum atomic E-state index is -0.329. The van der Waals surface area contributed by atoms with Crippen LogP contribution in [-0.2, 0) is 4.79 Å². The molecule has 5 rings (SSSR count). The zero-order valence-electron chi connectivity index (χ0n) is 20.2. The first-order valence-corrected chi connectivity index (χ1v) is 11.5. The van der Waals surface area contributed by atoms with Crippen LogP contribution >= 0.6 is 0 Å². The first kappa shape index (κ1) is 22.4. The molecular formula is C30H26N2O3. The minimum absolute atomic E-state index is 0.309. The Morgan fingerprint density at radius 3 is 2.09 bits per heavy atom. The lowest BCUT2D eigenvalue weighted by atomic mass is 9.91. The summed E-state index contributed by atoms with van der Waals surface area (Å²) in [4.78, 5) is 28.6. The molecule has 35 heavy (non-hydrogen) atoms. The van der Waals surface area contributed by atoms with Gasteiger partial charge in [-0.3, -0.25) is 9.59 Å². The number of amides is 2. The molecule has 0 saturated heterocycles. The van der Waals surface area contributed by atoms with Crippen molar-refractivity contribution in [1.82, 2.24) is 4.57 Å². The molecule has 0 radical (unpaired) electrons. The number of ether oxygens (including phenoxy) is 1. The monoisotopic (exact) mass is 462 g/mol. The van der Waals surface area contributed by atoms with Crippen LogP contribution in [0.15, 0.2) is 78.9 Å². The number of aromatic nitrogens is 1. The number of aryl methyl sites for hydroxylation is 2. The van der Waals surface area contributed by atoms with Crippen LogP contribution in [0.25, 0.3) is 17.3 Å². The molecule has 1 aliphatic heterocycles. The summed E-state index contributed by atoms with van der Waals surface area (Å²) in [6.45, 7) is 5.96. The Bertz CT molecular complexity index is 1510. The molecule has 1 aromatic heterocycles. The molecule has 0 unspecified atom stereocenters.